The molecule has 0 saturated carbocycles. The quantitative estimate of drug-likeness (QED) is 0.630. The molecular weight excluding hydrogens is 156 g/mol. The Morgan fingerprint density at radius 1 is 1.33 bits per heavy atom. The van der Waals surface area contributed by atoms with Crippen molar-refractivity contribution in [1.82, 2.24) is 5.32 Å². The number of carbonyl (C=O) groups excluding carboxylic acids is 2. The van der Waals surface area contributed by atoms with E-state index >= 15 is 0 Å². The zero-order valence-electron chi connectivity index (χ0n) is 7.81. The van der Waals surface area contributed by atoms with E-state index < -0.39 is 5.91 Å². The molecule has 0 aliphatic rings. The zero-order valence-corrected chi connectivity index (χ0v) is 7.81. The van der Waals surface area contributed by atoms with Gasteiger partial charge in [-0.1, -0.05) is 20.8 Å². The number of rotatable bonds is 3. The van der Waals surface area contributed by atoms with Gasteiger partial charge in [0.15, 0.2) is 0 Å². The second-order valence-corrected chi connectivity index (χ2v) is 3.98. The summed E-state index contributed by atoms with van der Waals surface area (Å²) in [5.74, 6) is -0.654. The van der Waals surface area contributed by atoms with Crippen molar-refractivity contribution in [2.75, 3.05) is 6.54 Å². The summed E-state index contributed by atoms with van der Waals surface area (Å²) >= 11 is 0. The highest BCUT2D eigenvalue weighted by molar-refractivity contribution is 5.83. The van der Waals surface area contributed by atoms with Gasteiger partial charge < -0.3 is 11.1 Å². The number of amides is 2. The number of carbonyl (C=O) groups is 2. The molecule has 4 nitrogen and oxygen atoms in total. The van der Waals surface area contributed by atoms with Crippen LogP contribution in [0.5, 0.6) is 0 Å². The number of nitrogens with one attached hydrogen (secondary N) is 1. The Bertz CT molecular complexity index is 182. The van der Waals surface area contributed by atoms with Gasteiger partial charge in [-0.3, -0.25) is 9.59 Å². The summed E-state index contributed by atoms with van der Waals surface area (Å²) in [5, 5.41) is 2.43. The molecule has 0 fully saturated rings. The van der Waals surface area contributed by atoms with E-state index in [4.69, 9.17) is 5.73 Å². The van der Waals surface area contributed by atoms with Crippen molar-refractivity contribution in [3.8, 4) is 0 Å². The van der Waals surface area contributed by atoms with Crippen molar-refractivity contribution in [1.29, 1.82) is 0 Å². The van der Waals surface area contributed by atoms with Crippen LogP contribution in [0.25, 0.3) is 0 Å². The molecule has 0 rings (SSSR count). The van der Waals surface area contributed by atoms with E-state index in [2.05, 4.69) is 5.32 Å². The molecule has 3 N–H and O–H groups in total. The summed E-state index contributed by atoms with van der Waals surface area (Å²) in [6.45, 7) is 5.79. The first-order valence-corrected chi connectivity index (χ1v) is 3.86. The van der Waals surface area contributed by atoms with Gasteiger partial charge in [-0.15, -0.1) is 0 Å². The minimum atomic E-state index is -0.516. The first-order chi connectivity index (χ1) is 5.31. The fourth-order valence-corrected chi connectivity index (χ4v) is 0.730. The molecule has 0 aromatic heterocycles. The van der Waals surface area contributed by atoms with Crippen LogP contribution < -0.4 is 11.1 Å². The van der Waals surface area contributed by atoms with Gasteiger partial charge in [-0.2, -0.15) is 0 Å². The maximum atomic E-state index is 11.0. The first-order valence-electron chi connectivity index (χ1n) is 3.86. The highest BCUT2D eigenvalue weighted by Gasteiger charge is 2.15. The Morgan fingerprint density at radius 2 is 1.83 bits per heavy atom. The van der Waals surface area contributed by atoms with E-state index in [1.165, 1.54) is 0 Å². The normalized spacial score (nSPS) is 10.9. The van der Waals surface area contributed by atoms with Gasteiger partial charge in [-0.25, -0.2) is 0 Å². The minimum Gasteiger partial charge on any atom is -0.368 e. The van der Waals surface area contributed by atoms with Crippen molar-refractivity contribution in [2.24, 2.45) is 11.1 Å². The van der Waals surface area contributed by atoms with Gasteiger partial charge >= 0.3 is 0 Å². The average molecular weight is 172 g/mol. The lowest BCUT2D eigenvalue weighted by Crippen LogP contribution is -2.35. The number of primary amides is 1. The summed E-state index contributed by atoms with van der Waals surface area (Å²) in [4.78, 5) is 21.3. The molecule has 0 saturated heterocycles. The fourth-order valence-electron chi connectivity index (χ4n) is 0.730. The van der Waals surface area contributed by atoms with Crippen molar-refractivity contribution in [3.05, 3.63) is 0 Å². The van der Waals surface area contributed by atoms with Gasteiger partial charge in [0.25, 0.3) is 0 Å². The molecule has 12 heavy (non-hydrogen) atoms. The highest BCUT2D eigenvalue weighted by atomic mass is 16.2. The molecule has 70 valence electrons. The van der Waals surface area contributed by atoms with Crippen LogP contribution in [0, 0.1) is 5.41 Å². The minimum absolute atomic E-state index is 0.0538. The van der Waals surface area contributed by atoms with E-state index in [1.807, 2.05) is 20.8 Å². The summed E-state index contributed by atoms with van der Waals surface area (Å²) in [5.41, 5.74) is 4.80. The van der Waals surface area contributed by atoms with Crippen LogP contribution in [0.3, 0.4) is 0 Å². The second-order valence-electron chi connectivity index (χ2n) is 3.98. The van der Waals surface area contributed by atoms with Gasteiger partial charge in [0.2, 0.25) is 11.8 Å². The summed E-state index contributed by atoms with van der Waals surface area (Å²) in [6, 6.07) is 0. The van der Waals surface area contributed by atoms with Crippen LogP contribution in [0.4, 0.5) is 0 Å². The Hall–Kier alpha value is -1.06. The maximum absolute atomic E-state index is 11.0. The third-order valence-electron chi connectivity index (χ3n) is 1.15. The fraction of sp³-hybridized carbons (Fsp3) is 0.750. The predicted octanol–water partition coefficient (Wildman–Crippen LogP) is 0.0241. The molecule has 2 amide bonds. The summed E-state index contributed by atoms with van der Waals surface area (Å²) < 4.78 is 0. The molecular formula is C8H16N2O2. The van der Waals surface area contributed by atoms with Gasteiger partial charge in [-0.05, 0) is 5.41 Å². The molecule has 0 aromatic rings. The van der Waals surface area contributed by atoms with Crippen LogP contribution in [0.15, 0.2) is 0 Å². The first kappa shape index (κ1) is 10.9. The lowest BCUT2D eigenvalue weighted by Gasteiger charge is -2.16. The molecule has 0 aliphatic carbocycles. The standard InChI is InChI=1S/C8H16N2O2/c1-8(2,3)4-7(12)10-5-6(9)11/h4-5H2,1-3H3,(H2,9,11)(H,10,12). The van der Waals surface area contributed by atoms with E-state index in [-0.39, 0.29) is 17.9 Å². The number of nitrogens with two attached hydrogens (primary N) is 1. The zero-order chi connectivity index (χ0) is 9.78. The van der Waals surface area contributed by atoms with Crippen LogP contribution >= 0.6 is 0 Å². The Labute approximate surface area is 72.5 Å². The predicted molar refractivity (Wildman–Crippen MR) is 46.3 cm³/mol. The molecule has 0 atom stereocenters. The van der Waals surface area contributed by atoms with E-state index in [0.29, 0.717) is 6.42 Å². The van der Waals surface area contributed by atoms with Gasteiger partial charge in [0, 0.05) is 6.42 Å². The molecule has 0 aromatic carbocycles. The molecule has 0 aliphatic heterocycles. The third kappa shape index (κ3) is 7.05. The van der Waals surface area contributed by atoms with E-state index in [0.717, 1.165) is 0 Å². The summed E-state index contributed by atoms with van der Waals surface area (Å²) in [6.07, 6.45) is 0.403. The lowest BCUT2D eigenvalue weighted by atomic mass is 9.92. The maximum Gasteiger partial charge on any atom is 0.236 e. The molecule has 0 heterocycles. The van der Waals surface area contributed by atoms with Crippen LogP contribution in [-0.2, 0) is 9.59 Å². The van der Waals surface area contributed by atoms with Gasteiger partial charge in [0.1, 0.15) is 0 Å². The smallest absolute Gasteiger partial charge is 0.236 e. The lowest BCUT2D eigenvalue weighted by molar-refractivity contribution is -0.126. The van der Waals surface area contributed by atoms with Crippen LogP contribution in [0.2, 0.25) is 0 Å². The SMILES string of the molecule is CC(C)(C)CC(=O)NCC(N)=O. The van der Waals surface area contributed by atoms with Crippen LogP contribution in [0.1, 0.15) is 27.2 Å². The Kier molecular flexibility index (Phi) is 3.73. The average Bonchev–Trinajstić information content (AvgIpc) is 1.79. The third-order valence-corrected chi connectivity index (χ3v) is 1.15. The molecule has 0 spiro atoms. The van der Waals surface area contributed by atoms with Crippen molar-refractivity contribution in [3.63, 3.8) is 0 Å². The van der Waals surface area contributed by atoms with Crippen LogP contribution in [-0.4, -0.2) is 18.4 Å². The van der Waals surface area contributed by atoms with Crippen molar-refractivity contribution >= 4 is 11.8 Å². The monoisotopic (exact) mass is 172 g/mol. The molecule has 0 radical (unpaired) electrons. The summed E-state index contributed by atoms with van der Waals surface area (Å²) in [7, 11) is 0. The number of hydrogen-bond acceptors (Lipinski definition) is 2. The Balaban J connectivity index is 3.68. The van der Waals surface area contributed by atoms with Gasteiger partial charge in [0.05, 0.1) is 6.54 Å². The largest absolute Gasteiger partial charge is 0.368 e. The van der Waals surface area contributed by atoms with E-state index in [1.54, 1.807) is 0 Å². The molecule has 0 bridgehead atoms. The second kappa shape index (κ2) is 4.09. The van der Waals surface area contributed by atoms with Crippen molar-refractivity contribution < 1.29 is 9.59 Å². The molecule has 0 unspecified atom stereocenters. The Morgan fingerprint density at radius 3 is 2.17 bits per heavy atom. The topological polar surface area (TPSA) is 72.2 Å². The highest BCUT2D eigenvalue weighted by Crippen LogP contribution is 2.17. The van der Waals surface area contributed by atoms with E-state index in [9.17, 15) is 9.59 Å². The number of hydrogen-bond donors (Lipinski definition) is 2. The van der Waals surface area contributed by atoms with Crippen molar-refractivity contribution in [2.45, 2.75) is 27.2 Å². The molecule has 4 heteroatoms.